The number of nitrogens with zero attached hydrogens (tertiary/aromatic N) is 3. The molecule has 1 fully saturated rings. The van der Waals surface area contributed by atoms with Crippen LogP contribution in [0.4, 0.5) is 0 Å². The van der Waals surface area contributed by atoms with Crippen LogP contribution in [-0.4, -0.2) is 59.7 Å². The number of piperidine rings is 1. The number of hydrogen-bond donors (Lipinski definition) is 2. The third-order valence-corrected chi connectivity index (χ3v) is 4.15. The highest BCUT2D eigenvalue weighted by atomic mass is 35.5. The Bertz CT molecular complexity index is 383. The second kappa shape index (κ2) is 6.11. The number of allylic oxidation sites excluding steroid dienone is 1. The Kier molecular flexibility index (Phi) is 4.71. The molecule has 0 saturated carbocycles. The first-order chi connectivity index (χ1) is 8.99. The lowest BCUT2D eigenvalue weighted by Crippen LogP contribution is -2.48. The standard InChI is InChI=1S/C13H23ClN4O/c1-9(2)18-6-4-5-10(8-18)16-11-7-15-17(3)13(19)12(11)14/h7,9-10,13,16,19H,4-6,8H2,1-3H3. The summed E-state index contributed by atoms with van der Waals surface area (Å²) in [6, 6.07) is 0.924. The highest BCUT2D eigenvalue weighted by Gasteiger charge is 2.25. The lowest BCUT2D eigenvalue weighted by molar-refractivity contribution is 0.0582. The van der Waals surface area contributed by atoms with Gasteiger partial charge in [-0.15, -0.1) is 0 Å². The Morgan fingerprint density at radius 2 is 2.26 bits per heavy atom. The van der Waals surface area contributed by atoms with Gasteiger partial charge in [-0.3, -0.25) is 9.91 Å². The highest BCUT2D eigenvalue weighted by Crippen LogP contribution is 2.20. The summed E-state index contributed by atoms with van der Waals surface area (Å²) in [5, 5.41) is 19.2. The normalized spacial score (nSPS) is 29.3. The predicted molar refractivity (Wildman–Crippen MR) is 78.0 cm³/mol. The van der Waals surface area contributed by atoms with Gasteiger partial charge in [0, 0.05) is 25.7 Å². The fourth-order valence-corrected chi connectivity index (χ4v) is 2.74. The van der Waals surface area contributed by atoms with E-state index < -0.39 is 6.23 Å². The first-order valence-electron chi connectivity index (χ1n) is 6.84. The minimum Gasteiger partial charge on any atom is -0.379 e. The van der Waals surface area contributed by atoms with Crippen LogP contribution < -0.4 is 5.32 Å². The predicted octanol–water partition coefficient (Wildman–Crippen LogP) is 1.15. The van der Waals surface area contributed by atoms with E-state index in [-0.39, 0.29) is 0 Å². The Balaban J connectivity index is 1.99. The molecule has 5 nitrogen and oxygen atoms in total. The molecule has 0 aromatic heterocycles. The molecule has 0 bridgehead atoms. The molecule has 2 rings (SSSR count). The molecule has 19 heavy (non-hydrogen) atoms. The van der Waals surface area contributed by atoms with Crippen LogP contribution in [0.3, 0.4) is 0 Å². The van der Waals surface area contributed by atoms with Crippen molar-refractivity contribution in [3.05, 3.63) is 10.7 Å². The highest BCUT2D eigenvalue weighted by molar-refractivity contribution is 6.31. The maximum Gasteiger partial charge on any atom is 0.180 e. The van der Waals surface area contributed by atoms with Crippen LogP contribution >= 0.6 is 11.6 Å². The lowest BCUT2D eigenvalue weighted by atomic mass is 10.0. The molecular formula is C13H23ClN4O. The smallest absolute Gasteiger partial charge is 0.180 e. The van der Waals surface area contributed by atoms with E-state index in [9.17, 15) is 5.11 Å². The van der Waals surface area contributed by atoms with Gasteiger partial charge in [0.15, 0.2) is 6.23 Å². The minimum atomic E-state index is -0.848. The number of likely N-dealkylation sites (N-methyl/N-ethyl adjacent to an activating group) is 1. The van der Waals surface area contributed by atoms with Crippen molar-refractivity contribution in [3.8, 4) is 0 Å². The lowest BCUT2D eigenvalue weighted by Gasteiger charge is -2.37. The number of hydrazone groups is 1. The molecule has 0 aromatic rings. The molecule has 2 aliphatic heterocycles. The zero-order valence-electron chi connectivity index (χ0n) is 11.8. The van der Waals surface area contributed by atoms with Gasteiger partial charge >= 0.3 is 0 Å². The first-order valence-corrected chi connectivity index (χ1v) is 7.22. The zero-order chi connectivity index (χ0) is 14.0. The van der Waals surface area contributed by atoms with E-state index in [2.05, 4.69) is 29.2 Å². The fourth-order valence-electron chi connectivity index (χ4n) is 2.50. The molecular weight excluding hydrogens is 264 g/mol. The summed E-state index contributed by atoms with van der Waals surface area (Å²) in [5.41, 5.74) is 0.739. The van der Waals surface area contributed by atoms with Crippen molar-refractivity contribution in [1.29, 1.82) is 0 Å². The van der Waals surface area contributed by atoms with E-state index >= 15 is 0 Å². The monoisotopic (exact) mass is 286 g/mol. The maximum atomic E-state index is 9.86. The molecule has 1 saturated heterocycles. The molecule has 2 N–H and O–H groups in total. The number of hydrogen-bond acceptors (Lipinski definition) is 5. The van der Waals surface area contributed by atoms with Crippen molar-refractivity contribution < 1.29 is 5.11 Å². The van der Waals surface area contributed by atoms with Crippen molar-refractivity contribution in [1.82, 2.24) is 15.2 Å². The van der Waals surface area contributed by atoms with Gasteiger partial charge in [-0.05, 0) is 33.2 Å². The van der Waals surface area contributed by atoms with Crippen LogP contribution in [0.1, 0.15) is 26.7 Å². The Labute approximate surface area is 119 Å². The van der Waals surface area contributed by atoms with E-state index in [0.717, 1.165) is 25.2 Å². The number of nitrogens with one attached hydrogen (secondary N) is 1. The summed E-state index contributed by atoms with van der Waals surface area (Å²) in [5.74, 6) is 0. The number of halogens is 1. The van der Waals surface area contributed by atoms with Crippen LogP contribution in [-0.2, 0) is 0 Å². The molecule has 2 aliphatic rings. The van der Waals surface area contributed by atoms with E-state index in [1.165, 1.54) is 11.4 Å². The minimum absolute atomic E-state index is 0.363. The molecule has 0 radical (unpaired) electrons. The Hall–Kier alpha value is -0.780. The summed E-state index contributed by atoms with van der Waals surface area (Å²) in [6.45, 7) is 6.60. The molecule has 0 amide bonds. The van der Waals surface area contributed by atoms with Gasteiger partial charge in [-0.25, -0.2) is 0 Å². The molecule has 0 spiro atoms. The Morgan fingerprint density at radius 1 is 1.53 bits per heavy atom. The second-order valence-electron chi connectivity index (χ2n) is 5.53. The number of likely N-dealkylation sites (tertiary alicyclic amines) is 1. The fraction of sp³-hybridized carbons (Fsp3) is 0.769. The van der Waals surface area contributed by atoms with E-state index in [1.807, 2.05) is 0 Å². The molecule has 0 aliphatic carbocycles. The van der Waals surface area contributed by atoms with Crippen LogP contribution in [0.25, 0.3) is 0 Å². The van der Waals surface area contributed by atoms with Gasteiger partial charge in [-0.1, -0.05) is 11.6 Å². The van der Waals surface area contributed by atoms with Crippen molar-refractivity contribution in [2.75, 3.05) is 20.1 Å². The second-order valence-corrected chi connectivity index (χ2v) is 5.93. The molecule has 2 atom stereocenters. The van der Waals surface area contributed by atoms with Crippen LogP contribution in [0.15, 0.2) is 15.8 Å². The van der Waals surface area contributed by atoms with Gasteiger partial charge < -0.3 is 10.4 Å². The molecule has 0 aromatic carbocycles. The molecule has 2 heterocycles. The topological polar surface area (TPSA) is 51.1 Å². The molecule has 108 valence electrons. The Morgan fingerprint density at radius 3 is 2.95 bits per heavy atom. The quantitative estimate of drug-likeness (QED) is 0.817. The zero-order valence-corrected chi connectivity index (χ0v) is 12.6. The van der Waals surface area contributed by atoms with Crippen molar-refractivity contribution in [3.63, 3.8) is 0 Å². The number of aliphatic hydroxyl groups excluding tert-OH is 1. The third kappa shape index (κ3) is 3.41. The first kappa shape index (κ1) is 14.6. The van der Waals surface area contributed by atoms with Crippen LogP contribution in [0.2, 0.25) is 0 Å². The van der Waals surface area contributed by atoms with Gasteiger partial charge in [-0.2, -0.15) is 5.10 Å². The van der Waals surface area contributed by atoms with Gasteiger partial charge in [0.05, 0.1) is 16.9 Å². The van der Waals surface area contributed by atoms with Gasteiger partial charge in [0.25, 0.3) is 0 Å². The van der Waals surface area contributed by atoms with E-state index in [4.69, 9.17) is 11.6 Å². The molecule has 6 heteroatoms. The summed E-state index contributed by atoms with van der Waals surface area (Å²) < 4.78 is 0. The summed E-state index contributed by atoms with van der Waals surface area (Å²) in [6.07, 6.45) is 3.14. The third-order valence-electron chi connectivity index (χ3n) is 3.75. The van der Waals surface area contributed by atoms with E-state index in [0.29, 0.717) is 17.1 Å². The largest absolute Gasteiger partial charge is 0.379 e. The van der Waals surface area contributed by atoms with Crippen molar-refractivity contribution in [2.45, 2.75) is 45.0 Å². The molecule has 2 unspecified atom stereocenters. The van der Waals surface area contributed by atoms with Crippen LogP contribution in [0.5, 0.6) is 0 Å². The average molecular weight is 287 g/mol. The summed E-state index contributed by atoms with van der Waals surface area (Å²) in [4.78, 5) is 2.46. The average Bonchev–Trinajstić information content (AvgIpc) is 2.40. The summed E-state index contributed by atoms with van der Waals surface area (Å²) >= 11 is 6.17. The SMILES string of the molecule is CC(C)N1CCCC(NC2=C(Cl)C(O)N(C)N=C2)C1. The van der Waals surface area contributed by atoms with Crippen LogP contribution in [0, 0.1) is 0 Å². The number of aliphatic hydroxyl groups is 1. The number of rotatable bonds is 3. The van der Waals surface area contributed by atoms with Gasteiger partial charge in [0.2, 0.25) is 0 Å². The van der Waals surface area contributed by atoms with Gasteiger partial charge in [0.1, 0.15) is 0 Å². The van der Waals surface area contributed by atoms with E-state index in [1.54, 1.807) is 13.3 Å². The van der Waals surface area contributed by atoms with Crippen molar-refractivity contribution in [2.24, 2.45) is 5.10 Å². The van der Waals surface area contributed by atoms with Crippen molar-refractivity contribution >= 4 is 17.8 Å². The summed E-state index contributed by atoms with van der Waals surface area (Å²) in [7, 11) is 1.70. The maximum absolute atomic E-state index is 9.86.